The summed E-state index contributed by atoms with van der Waals surface area (Å²) in [4.78, 5) is 0. The Bertz CT molecular complexity index is 580. The fourth-order valence-corrected chi connectivity index (χ4v) is 2.56. The lowest BCUT2D eigenvalue weighted by molar-refractivity contribution is 0.366. The van der Waals surface area contributed by atoms with E-state index in [9.17, 15) is 8.78 Å². The third kappa shape index (κ3) is 2.17. The van der Waals surface area contributed by atoms with Gasteiger partial charge in [-0.3, -0.25) is 0 Å². The van der Waals surface area contributed by atoms with Crippen LogP contribution in [0.4, 0.5) is 8.78 Å². The van der Waals surface area contributed by atoms with Crippen molar-refractivity contribution in [1.82, 2.24) is 5.32 Å². The number of benzene rings is 1. The van der Waals surface area contributed by atoms with E-state index in [0.29, 0.717) is 15.6 Å². The second-order valence-corrected chi connectivity index (χ2v) is 5.41. The minimum Gasteiger partial charge on any atom is -0.456 e. The van der Waals surface area contributed by atoms with Crippen LogP contribution < -0.4 is 5.32 Å². The maximum Gasteiger partial charge on any atom is 0.201 e. The Morgan fingerprint density at radius 3 is 2.50 bits per heavy atom. The van der Waals surface area contributed by atoms with Crippen molar-refractivity contribution < 1.29 is 13.2 Å². The van der Waals surface area contributed by atoms with Gasteiger partial charge in [0.25, 0.3) is 0 Å². The van der Waals surface area contributed by atoms with Crippen molar-refractivity contribution in [1.29, 1.82) is 0 Å². The molecule has 2 nitrogen and oxygen atoms in total. The van der Waals surface area contributed by atoms with Crippen LogP contribution in [0.1, 0.15) is 25.6 Å². The molecule has 0 amide bonds. The highest BCUT2D eigenvalue weighted by Crippen LogP contribution is 2.34. The van der Waals surface area contributed by atoms with Gasteiger partial charge >= 0.3 is 0 Å². The summed E-state index contributed by atoms with van der Waals surface area (Å²) in [6.45, 7) is 4.06. The third-order valence-corrected chi connectivity index (χ3v) is 3.61. The average Bonchev–Trinajstić information content (AvgIpc) is 2.72. The van der Waals surface area contributed by atoms with E-state index < -0.39 is 11.6 Å². The summed E-state index contributed by atoms with van der Waals surface area (Å²) in [6, 6.07) is 2.82. The van der Waals surface area contributed by atoms with Crippen LogP contribution in [0.5, 0.6) is 0 Å². The molecule has 0 aliphatic rings. The SMILES string of the molecule is CNC(c1cc2c(Br)cc(F)c(F)c2o1)C(C)C. The minimum atomic E-state index is -0.946. The summed E-state index contributed by atoms with van der Waals surface area (Å²) in [6.07, 6.45) is 0. The zero-order chi connectivity index (χ0) is 13.4. The van der Waals surface area contributed by atoms with Crippen LogP contribution in [0.25, 0.3) is 11.0 Å². The number of nitrogens with one attached hydrogen (secondary N) is 1. The number of furan rings is 1. The first-order chi connectivity index (χ1) is 8.45. The van der Waals surface area contributed by atoms with Crippen molar-refractivity contribution in [3.05, 3.63) is 34.0 Å². The van der Waals surface area contributed by atoms with Crippen LogP contribution in [0, 0.1) is 17.6 Å². The van der Waals surface area contributed by atoms with Gasteiger partial charge in [0, 0.05) is 9.86 Å². The summed E-state index contributed by atoms with van der Waals surface area (Å²) in [5, 5.41) is 3.65. The quantitative estimate of drug-likeness (QED) is 0.849. The van der Waals surface area contributed by atoms with Gasteiger partial charge in [-0.25, -0.2) is 4.39 Å². The van der Waals surface area contributed by atoms with E-state index in [1.54, 1.807) is 6.07 Å². The molecule has 1 N–H and O–H groups in total. The van der Waals surface area contributed by atoms with Crippen molar-refractivity contribution in [2.24, 2.45) is 5.92 Å². The molecule has 0 aliphatic heterocycles. The molecule has 0 fully saturated rings. The first-order valence-corrected chi connectivity index (χ1v) is 6.49. The molecule has 1 unspecified atom stereocenters. The van der Waals surface area contributed by atoms with E-state index >= 15 is 0 Å². The smallest absolute Gasteiger partial charge is 0.201 e. The second-order valence-electron chi connectivity index (χ2n) is 4.56. The van der Waals surface area contributed by atoms with Crippen LogP contribution in [0.3, 0.4) is 0 Å². The standard InChI is InChI=1S/C13H14BrF2NO/c1-6(2)12(17-3)10-4-7-8(14)5-9(15)11(16)13(7)18-10/h4-6,12,17H,1-3H3. The zero-order valence-corrected chi connectivity index (χ0v) is 11.9. The Morgan fingerprint density at radius 1 is 1.28 bits per heavy atom. The largest absolute Gasteiger partial charge is 0.456 e. The molecule has 98 valence electrons. The molecule has 1 aromatic heterocycles. The highest BCUT2D eigenvalue weighted by Gasteiger charge is 2.22. The van der Waals surface area contributed by atoms with Gasteiger partial charge in [-0.15, -0.1) is 0 Å². The molecular weight excluding hydrogens is 304 g/mol. The fraction of sp³-hybridized carbons (Fsp3) is 0.385. The average molecular weight is 318 g/mol. The summed E-state index contributed by atoms with van der Waals surface area (Å²) >= 11 is 3.22. The molecule has 0 aliphatic carbocycles. The van der Waals surface area contributed by atoms with Gasteiger partial charge in [0.05, 0.1) is 6.04 Å². The molecule has 1 aromatic carbocycles. The number of halogens is 3. The maximum absolute atomic E-state index is 13.7. The zero-order valence-electron chi connectivity index (χ0n) is 10.4. The van der Waals surface area contributed by atoms with Gasteiger partial charge in [0.15, 0.2) is 11.4 Å². The Hall–Kier alpha value is -0.940. The van der Waals surface area contributed by atoms with Gasteiger partial charge in [0.2, 0.25) is 5.82 Å². The van der Waals surface area contributed by atoms with Crippen molar-refractivity contribution in [3.63, 3.8) is 0 Å². The highest BCUT2D eigenvalue weighted by molar-refractivity contribution is 9.10. The lowest BCUT2D eigenvalue weighted by Gasteiger charge is -2.16. The number of fused-ring (bicyclic) bond motifs is 1. The molecule has 2 rings (SSSR count). The first-order valence-electron chi connectivity index (χ1n) is 5.70. The van der Waals surface area contributed by atoms with Crippen molar-refractivity contribution in [2.75, 3.05) is 7.05 Å². The topological polar surface area (TPSA) is 25.2 Å². The number of hydrogen-bond acceptors (Lipinski definition) is 2. The van der Waals surface area contributed by atoms with Crippen molar-refractivity contribution in [2.45, 2.75) is 19.9 Å². The Labute approximate surface area is 112 Å². The van der Waals surface area contributed by atoms with Crippen molar-refractivity contribution >= 4 is 26.9 Å². The van der Waals surface area contributed by atoms with E-state index in [1.165, 1.54) is 0 Å². The van der Waals surface area contributed by atoms with Crippen LogP contribution in [-0.2, 0) is 0 Å². The predicted octanol–water partition coefficient (Wildman–Crippen LogP) is 4.39. The van der Waals surface area contributed by atoms with E-state index in [1.807, 2.05) is 20.9 Å². The van der Waals surface area contributed by atoms with E-state index in [0.717, 1.165) is 6.07 Å². The van der Waals surface area contributed by atoms with Crippen molar-refractivity contribution in [3.8, 4) is 0 Å². The molecule has 2 aromatic rings. The van der Waals surface area contributed by atoms with Crippen LogP contribution in [-0.4, -0.2) is 7.05 Å². The molecule has 0 spiro atoms. The Balaban J connectivity index is 2.63. The predicted molar refractivity (Wildman–Crippen MR) is 70.5 cm³/mol. The monoisotopic (exact) mass is 317 g/mol. The summed E-state index contributed by atoms with van der Waals surface area (Å²) in [5.74, 6) is -0.978. The molecule has 0 saturated carbocycles. The van der Waals surface area contributed by atoms with Crippen LogP contribution in [0.15, 0.2) is 21.0 Å². The Morgan fingerprint density at radius 2 is 1.94 bits per heavy atom. The molecule has 1 atom stereocenters. The maximum atomic E-state index is 13.7. The fourth-order valence-electron chi connectivity index (χ4n) is 2.07. The Kier molecular flexibility index (Phi) is 3.73. The molecule has 18 heavy (non-hydrogen) atoms. The second kappa shape index (κ2) is 4.97. The lowest BCUT2D eigenvalue weighted by Crippen LogP contribution is -2.20. The van der Waals surface area contributed by atoms with Gasteiger partial charge < -0.3 is 9.73 Å². The number of rotatable bonds is 3. The lowest BCUT2D eigenvalue weighted by atomic mass is 10.0. The molecule has 0 saturated heterocycles. The molecule has 0 radical (unpaired) electrons. The molecule has 5 heteroatoms. The minimum absolute atomic E-state index is 0.0354. The normalized spacial score (nSPS) is 13.5. The van der Waals surface area contributed by atoms with Crippen LogP contribution >= 0.6 is 15.9 Å². The summed E-state index contributed by atoms with van der Waals surface area (Å²) < 4.78 is 32.9. The van der Waals surface area contributed by atoms with Gasteiger partial charge in [0.1, 0.15) is 5.76 Å². The molecule has 1 heterocycles. The summed E-state index contributed by atoms with van der Waals surface area (Å²) in [5.41, 5.74) is -0.0437. The van der Waals surface area contributed by atoms with E-state index in [-0.39, 0.29) is 17.5 Å². The third-order valence-electron chi connectivity index (χ3n) is 2.96. The van der Waals surface area contributed by atoms with Gasteiger partial charge in [-0.1, -0.05) is 13.8 Å². The van der Waals surface area contributed by atoms with E-state index in [4.69, 9.17) is 4.42 Å². The van der Waals surface area contributed by atoms with Gasteiger partial charge in [-0.05, 0) is 41.0 Å². The van der Waals surface area contributed by atoms with Crippen LogP contribution in [0.2, 0.25) is 0 Å². The molecular formula is C13H14BrF2NO. The first kappa shape index (κ1) is 13.5. The number of hydrogen-bond donors (Lipinski definition) is 1. The van der Waals surface area contributed by atoms with E-state index in [2.05, 4.69) is 21.2 Å². The molecule has 0 bridgehead atoms. The highest BCUT2D eigenvalue weighted by atomic mass is 79.9. The van der Waals surface area contributed by atoms with Gasteiger partial charge in [-0.2, -0.15) is 4.39 Å². The summed E-state index contributed by atoms with van der Waals surface area (Å²) in [7, 11) is 1.81.